The first-order valence-corrected chi connectivity index (χ1v) is 10.3. The summed E-state index contributed by atoms with van der Waals surface area (Å²) in [6.07, 6.45) is 3.40. The van der Waals surface area contributed by atoms with Crippen LogP contribution in [-0.4, -0.2) is 46.8 Å². The van der Waals surface area contributed by atoms with Crippen molar-refractivity contribution in [3.05, 3.63) is 74.3 Å². The van der Waals surface area contributed by atoms with Gasteiger partial charge in [-0.2, -0.15) is 0 Å². The van der Waals surface area contributed by atoms with E-state index in [1.165, 1.54) is 30.5 Å². The molecule has 2 aliphatic rings. The molecule has 0 bridgehead atoms. The summed E-state index contributed by atoms with van der Waals surface area (Å²) in [5.74, 6) is -0.0394. The number of amides is 1. The zero-order chi connectivity index (χ0) is 20.5. The Kier molecular flexibility index (Phi) is 5.56. The molecule has 0 spiro atoms. The van der Waals surface area contributed by atoms with E-state index in [4.69, 9.17) is 11.6 Å². The van der Waals surface area contributed by atoms with E-state index in [1.54, 1.807) is 12.1 Å². The van der Waals surface area contributed by atoms with Gasteiger partial charge in [-0.05, 0) is 61.2 Å². The van der Waals surface area contributed by atoms with Gasteiger partial charge in [0, 0.05) is 30.2 Å². The standard InChI is InChI=1S/C22H24ClN3O3/c1-24(21(27)12-15-5-4-6-18(11-15)26(28)29)22-19-8-7-17(23)13-16(19)14-20(22)25-9-2-3-10-25/h4-8,11,13,20,22H,2-3,9-10,12,14H2,1H3/t20-,22-/m0/s1. The predicted octanol–water partition coefficient (Wildman–Crippen LogP) is 4.01. The monoisotopic (exact) mass is 413 g/mol. The van der Waals surface area contributed by atoms with Crippen LogP contribution in [0, 0.1) is 10.1 Å². The molecule has 0 unspecified atom stereocenters. The Balaban J connectivity index is 1.59. The van der Waals surface area contributed by atoms with Crippen LogP contribution in [0.2, 0.25) is 5.02 Å². The van der Waals surface area contributed by atoms with E-state index in [0.29, 0.717) is 5.56 Å². The Hall–Kier alpha value is -2.44. The second kappa shape index (κ2) is 8.13. The fourth-order valence-corrected chi connectivity index (χ4v) is 4.88. The summed E-state index contributed by atoms with van der Waals surface area (Å²) < 4.78 is 0. The summed E-state index contributed by atoms with van der Waals surface area (Å²) in [6.45, 7) is 2.10. The highest BCUT2D eigenvalue weighted by Gasteiger charge is 2.40. The van der Waals surface area contributed by atoms with Crippen LogP contribution in [-0.2, 0) is 17.6 Å². The highest BCUT2D eigenvalue weighted by molar-refractivity contribution is 6.30. The maximum absolute atomic E-state index is 13.1. The van der Waals surface area contributed by atoms with Crippen LogP contribution in [0.4, 0.5) is 5.69 Å². The minimum atomic E-state index is -0.432. The van der Waals surface area contributed by atoms with E-state index in [9.17, 15) is 14.9 Å². The molecule has 1 amide bonds. The van der Waals surface area contributed by atoms with E-state index in [2.05, 4.69) is 4.90 Å². The van der Waals surface area contributed by atoms with Crippen LogP contribution in [0.15, 0.2) is 42.5 Å². The summed E-state index contributed by atoms with van der Waals surface area (Å²) in [5, 5.41) is 11.7. The topological polar surface area (TPSA) is 66.7 Å². The van der Waals surface area contributed by atoms with Gasteiger partial charge in [0.2, 0.25) is 5.91 Å². The first-order valence-electron chi connectivity index (χ1n) is 9.95. The number of carbonyl (C=O) groups excluding carboxylic acids is 1. The fraction of sp³-hybridized carbons (Fsp3) is 0.409. The van der Waals surface area contributed by atoms with Gasteiger partial charge >= 0.3 is 0 Å². The SMILES string of the molecule is CN(C(=O)Cc1cccc([N+](=O)[O-])c1)[C@H]1c2ccc(Cl)cc2C[C@@H]1N1CCCC1. The Labute approximate surface area is 175 Å². The van der Waals surface area contributed by atoms with Crippen LogP contribution in [0.1, 0.15) is 35.6 Å². The van der Waals surface area contributed by atoms with Crippen LogP contribution in [0.25, 0.3) is 0 Å². The van der Waals surface area contributed by atoms with E-state index in [-0.39, 0.29) is 30.1 Å². The van der Waals surface area contributed by atoms with E-state index in [1.807, 2.05) is 30.1 Å². The molecule has 6 nitrogen and oxygen atoms in total. The highest BCUT2D eigenvalue weighted by Crippen LogP contribution is 2.40. The van der Waals surface area contributed by atoms with Crippen LogP contribution in [0.5, 0.6) is 0 Å². The number of nitro benzene ring substituents is 1. The third-order valence-electron chi connectivity index (χ3n) is 6.11. The average molecular weight is 414 g/mol. The van der Waals surface area contributed by atoms with Gasteiger partial charge in [0.25, 0.3) is 5.69 Å². The molecule has 0 radical (unpaired) electrons. The summed E-state index contributed by atoms with van der Waals surface area (Å²) in [5.41, 5.74) is 3.02. The van der Waals surface area contributed by atoms with E-state index in [0.717, 1.165) is 30.1 Å². The number of carbonyl (C=O) groups is 1. The van der Waals surface area contributed by atoms with Crippen molar-refractivity contribution in [3.63, 3.8) is 0 Å². The Bertz CT molecular complexity index is 943. The molecule has 1 fully saturated rings. The summed E-state index contributed by atoms with van der Waals surface area (Å²) >= 11 is 6.22. The molecule has 1 saturated heterocycles. The number of likely N-dealkylation sites (N-methyl/N-ethyl adjacent to an activating group) is 1. The van der Waals surface area contributed by atoms with Crippen molar-refractivity contribution in [2.45, 2.75) is 37.8 Å². The lowest BCUT2D eigenvalue weighted by Crippen LogP contribution is -2.44. The van der Waals surface area contributed by atoms with Gasteiger partial charge in [0.05, 0.1) is 17.4 Å². The number of likely N-dealkylation sites (tertiary alicyclic amines) is 1. The maximum atomic E-state index is 13.1. The molecule has 2 aromatic carbocycles. The number of halogens is 1. The molecule has 1 heterocycles. The van der Waals surface area contributed by atoms with Crippen molar-refractivity contribution in [3.8, 4) is 0 Å². The summed E-state index contributed by atoms with van der Waals surface area (Å²) in [7, 11) is 1.84. The van der Waals surface area contributed by atoms with Gasteiger partial charge in [0.1, 0.15) is 0 Å². The highest BCUT2D eigenvalue weighted by atomic mass is 35.5. The average Bonchev–Trinajstić information content (AvgIpc) is 3.34. The van der Waals surface area contributed by atoms with Gasteiger partial charge in [0.15, 0.2) is 0 Å². The third kappa shape index (κ3) is 4.00. The van der Waals surface area contributed by atoms with Crippen molar-refractivity contribution in [1.29, 1.82) is 0 Å². The zero-order valence-corrected chi connectivity index (χ0v) is 17.1. The second-order valence-corrected chi connectivity index (χ2v) is 8.35. The smallest absolute Gasteiger partial charge is 0.269 e. The molecular weight excluding hydrogens is 390 g/mol. The van der Waals surface area contributed by atoms with Gasteiger partial charge in [-0.15, -0.1) is 0 Å². The maximum Gasteiger partial charge on any atom is 0.269 e. The zero-order valence-electron chi connectivity index (χ0n) is 16.4. The molecule has 29 heavy (non-hydrogen) atoms. The molecule has 2 atom stereocenters. The van der Waals surface area contributed by atoms with Crippen LogP contribution < -0.4 is 0 Å². The number of fused-ring (bicyclic) bond motifs is 1. The number of hydrogen-bond donors (Lipinski definition) is 0. The Morgan fingerprint density at radius 1 is 1.24 bits per heavy atom. The molecule has 0 saturated carbocycles. The van der Waals surface area contributed by atoms with Crippen molar-refractivity contribution < 1.29 is 9.72 Å². The first-order chi connectivity index (χ1) is 13.9. The van der Waals surface area contributed by atoms with Gasteiger partial charge in [-0.3, -0.25) is 19.8 Å². The quantitative estimate of drug-likeness (QED) is 0.548. The fourth-order valence-electron chi connectivity index (χ4n) is 4.69. The Morgan fingerprint density at radius 3 is 2.72 bits per heavy atom. The van der Waals surface area contributed by atoms with E-state index >= 15 is 0 Å². The molecule has 1 aliphatic carbocycles. The third-order valence-corrected chi connectivity index (χ3v) is 6.35. The van der Waals surface area contributed by atoms with E-state index < -0.39 is 4.92 Å². The lowest BCUT2D eigenvalue weighted by molar-refractivity contribution is -0.384. The molecule has 7 heteroatoms. The lowest BCUT2D eigenvalue weighted by Gasteiger charge is -2.35. The molecular formula is C22H24ClN3O3. The molecule has 2 aromatic rings. The van der Waals surface area contributed by atoms with Crippen LogP contribution >= 0.6 is 11.6 Å². The molecule has 152 valence electrons. The predicted molar refractivity (Wildman–Crippen MR) is 112 cm³/mol. The minimum Gasteiger partial charge on any atom is -0.337 e. The number of nitro groups is 1. The number of benzene rings is 2. The lowest BCUT2D eigenvalue weighted by atomic mass is 10.0. The molecule has 0 N–H and O–H groups in total. The van der Waals surface area contributed by atoms with Crippen molar-refractivity contribution >= 4 is 23.2 Å². The molecule has 4 rings (SSSR count). The van der Waals surface area contributed by atoms with Gasteiger partial charge in [-0.25, -0.2) is 0 Å². The second-order valence-electron chi connectivity index (χ2n) is 7.91. The van der Waals surface area contributed by atoms with Crippen molar-refractivity contribution in [2.24, 2.45) is 0 Å². The normalized spacial score (nSPS) is 21.2. The largest absolute Gasteiger partial charge is 0.337 e. The molecule has 0 aromatic heterocycles. The van der Waals surface area contributed by atoms with Crippen LogP contribution in [0.3, 0.4) is 0 Å². The summed E-state index contributed by atoms with van der Waals surface area (Å²) in [4.78, 5) is 28.0. The van der Waals surface area contributed by atoms with Crippen molar-refractivity contribution in [2.75, 3.05) is 20.1 Å². The van der Waals surface area contributed by atoms with Gasteiger partial charge < -0.3 is 4.90 Å². The minimum absolute atomic E-state index is 0.00810. The number of rotatable bonds is 5. The summed E-state index contributed by atoms with van der Waals surface area (Å²) in [6, 6.07) is 12.5. The number of hydrogen-bond acceptors (Lipinski definition) is 4. The Morgan fingerprint density at radius 2 is 2.00 bits per heavy atom. The van der Waals surface area contributed by atoms with Crippen molar-refractivity contribution in [1.82, 2.24) is 9.80 Å². The first kappa shape index (κ1) is 19.9. The number of non-ortho nitro benzene ring substituents is 1. The van der Waals surface area contributed by atoms with Gasteiger partial charge in [-0.1, -0.05) is 29.8 Å². The molecule has 1 aliphatic heterocycles. The number of nitrogens with zero attached hydrogens (tertiary/aromatic N) is 3.